The highest BCUT2D eigenvalue weighted by Gasteiger charge is 2.11. The van der Waals surface area contributed by atoms with Crippen LogP contribution in [0, 0.1) is 5.92 Å². The number of rotatable bonds is 1. The van der Waals surface area contributed by atoms with Crippen LogP contribution >= 0.6 is 0 Å². The lowest BCUT2D eigenvalue weighted by molar-refractivity contribution is 0.421. The zero-order valence-corrected chi connectivity index (χ0v) is 8.11. The Bertz CT molecular complexity index is 101. The van der Waals surface area contributed by atoms with Crippen molar-refractivity contribution in [3.63, 3.8) is 0 Å². The average Bonchev–Trinajstić information content (AvgIpc) is 2.10. The Morgan fingerprint density at radius 3 is 2.00 bits per heavy atom. The molecule has 1 heteroatoms. The molecule has 0 aromatic carbocycles. The van der Waals surface area contributed by atoms with E-state index in [1.54, 1.807) is 0 Å². The van der Waals surface area contributed by atoms with Gasteiger partial charge in [0, 0.05) is 0 Å². The van der Waals surface area contributed by atoms with Gasteiger partial charge in [0.2, 0.25) is 0 Å². The van der Waals surface area contributed by atoms with Gasteiger partial charge in [-0.1, -0.05) is 26.0 Å². The van der Waals surface area contributed by atoms with Crippen molar-refractivity contribution in [1.82, 2.24) is 5.32 Å². The quantitative estimate of drug-likeness (QED) is 0.574. The number of allylic oxidation sites excluding steroid dienone is 1. The first kappa shape index (κ1) is 10.7. The second-order valence-electron chi connectivity index (χ2n) is 2.87. The Kier molecular flexibility index (Phi) is 6.24. The molecule has 0 aromatic rings. The summed E-state index contributed by atoms with van der Waals surface area (Å²) in [5.74, 6) is 0.797. The van der Waals surface area contributed by atoms with Crippen LogP contribution in [0.2, 0.25) is 0 Å². The Morgan fingerprint density at radius 1 is 1.27 bits per heavy atom. The maximum absolute atomic E-state index is 3.95. The highest BCUT2D eigenvalue weighted by Crippen LogP contribution is 2.18. The minimum atomic E-state index is 0.797. The van der Waals surface area contributed by atoms with Crippen molar-refractivity contribution in [2.75, 3.05) is 13.1 Å². The van der Waals surface area contributed by atoms with E-state index in [0.29, 0.717) is 0 Å². The molecule has 1 fully saturated rings. The molecule has 0 radical (unpaired) electrons. The van der Waals surface area contributed by atoms with Crippen molar-refractivity contribution in [3.05, 3.63) is 12.2 Å². The molecule has 1 nitrogen and oxygen atoms in total. The zero-order valence-electron chi connectivity index (χ0n) is 8.11. The molecule has 11 heavy (non-hydrogen) atoms. The van der Waals surface area contributed by atoms with Crippen molar-refractivity contribution in [3.8, 4) is 0 Å². The first-order valence-electron chi connectivity index (χ1n) is 4.67. The summed E-state index contributed by atoms with van der Waals surface area (Å²) in [6.45, 7) is 12.4. The normalized spacial score (nSPS) is 18.5. The fourth-order valence-corrected chi connectivity index (χ4v) is 1.31. The van der Waals surface area contributed by atoms with E-state index in [4.69, 9.17) is 0 Å². The van der Waals surface area contributed by atoms with E-state index < -0.39 is 0 Å². The first-order chi connectivity index (χ1) is 5.30. The Labute approximate surface area is 70.9 Å². The van der Waals surface area contributed by atoms with Gasteiger partial charge in [-0.05, 0) is 38.8 Å². The van der Waals surface area contributed by atoms with Crippen LogP contribution in [0.4, 0.5) is 0 Å². The molecule has 1 aliphatic heterocycles. The van der Waals surface area contributed by atoms with Crippen LogP contribution < -0.4 is 5.32 Å². The van der Waals surface area contributed by atoms with Gasteiger partial charge in [-0.15, -0.1) is 0 Å². The van der Waals surface area contributed by atoms with Gasteiger partial charge in [0.1, 0.15) is 0 Å². The van der Waals surface area contributed by atoms with Gasteiger partial charge in [0.25, 0.3) is 0 Å². The molecule has 1 N–H and O–H groups in total. The maximum atomic E-state index is 3.95. The van der Waals surface area contributed by atoms with Crippen molar-refractivity contribution in [2.24, 2.45) is 5.92 Å². The lowest BCUT2D eigenvalue weighted by Crippen LogP contribution is -2.27. The Balaban J connectivity index is 0.000000461. The Hall–Kier alpha value is -0.300. The second-order valence-corrected chi connectivity index (χ2v) is 2.87. The van der Waals surface area contributed by atoms with E-state index in [2.05, 4.69) is 18.8 Å². The van der Waals surface area contributed by atoms with Crippen LogP contribution in [0.5, 0.6) is 0 Å². The SMILES string of the molecule is C=C(C)C1CCNCC1.CC. The fraction of sp³-hybridized carbons (Fsp3) is 0.800. The third-order valence-electron chi connectivity index (χ3n) is 2.04. The molecule has 0 spiro atoms. The zero-order chi connectivity index (χ0) is 8.69. The van der Waals surface area contributed by atoms with Crippen molar-refractivity contribution in [2.45, 2.75) is 33.6 Å². The molecule has 0 bridgehead atoms. The van der Waals surface area contributed by atoms with Gasteiger partial charge in [0.15, 0.2) is 0 Å². The van der Waals surface area contributed by atoms with Gasteiger partial charge in [-0.2, -0.15) is 0 Å². The van der Waals surface area contributed by atoms with Gasteiger partial charge < -0.3 is 5.32 Å². The molecule has 1 saturated heterocycles. The summed E-state index contributed by atoms with van der Waals surface area (Å²) in [5.41, 5.74) is 1.36. The summed E-state index contributed by atoms with van der Waals surface area (Å²) in [7, 11) is 0. The summed E-state index contributed by atoms with van der Waals surface area (Å²) in [4.78, 5) is 0. The van der Waals surface area contributed by atoms with E-state index in [9.17, 15) is 0 Å². The molecule has 0 aromatic heterocycles. The minimum Gasteiger partial charge on any atom is -0.317 e. The first-order valence-corrected chi connectivity index (χ1v) is 4.67. The number of hydrogen-bond donors (Lipinski definition) is 1. The molecule has 1 aliphatic rings. The molecule has 0 saturated carbocycles. The molecule has 0 amide bonds. The fourth-order valence-electron chi connectivity index (χ4n) is 1.31. The Morgan fingerprint density at radius 2 is 1.73 bits per heavy atom. The molecular formula is C10H21N. The third-order valence-corrected chi connectivity index (χ3v) is 2.04. The average molecular weight is 155 g/mol. The van der Waals surface area contributed by atoms with Crippen LogP contribution in [0.25, 0.3) is 0 Å². The topological polar surface area (TPSA) is 12.0 Å². The minimum absolute atomic E-state index is 0.797. The summed E-state index contributed by atoms with van der Waals surface area (Å²) in [6.07, 6.45) is 2.57. The standard InChI is InChI=1S/C8H15N.C2H6/c1-7(2)8-3-5-9-6-4-8;1-2/h8-9H,1,3-6H2,2H3;1-2H3. The molecular weight excluding hydrogens is 134 g/mol. The predicted octanol–water partition coefficient (Wildman–Crippen LogP) is 2.59. The number of hydrogen-bond acceptors (Lipinski definition) is 1. The van der Waals surface area contributed by atoms with Gasteiger partial charge in [0.05, 0.1) is 0 Å². The molecule has 0 atom stereocenters. The lowest BCUT2D eigenvalue weighted by atomic mass is 9.92. The summed E-state index contributed by atoms with van der Waals surface area (Å²) in [6, 6.07) is 0. The van der Waals surface area contributed by atoms with Gasteiger partial charge in [-0.25, -0.2) is 0 Å². The van der Waals surface area contributed by atoms with Crippen LogP contribution in [0.3, 0.4) is 0 Å². The van der Waals surface area contributed by atoms with Crippen molar-refractivity contribution >= 4 is 0 Å². The summed E-state index contributed by atoms with van der Waals surface area (Å²) >= 11 is 0. The maximum Gasteiger partial charge on any atom is -0.00432 e. The largest absolute Gasteiger partial charge is 0.317 e. The van der Waals surface area contributed by atoms with Crippen LogP contribution in [0.1, 0.15) is 33.6 Å². The summed E-state index contributed by atoms with van der Waals surface area (Å²) in [5, 5.41) is 3.33. The molecule has 0 unspecified atom stereocenters. The van der Waals surface area contributed by atoms with Crippen molar-refractivity contribution < 1.29 is 0 Å². The smallest absolute Gasteiger partial charge is 0.00432 e. The van der Waals surface area contributed by atoms with Crippen LogP contribution in [-0.2, 0) is 0 Å². The summed E-state index contributed by atoms with van der Waals surface area (Å²) < 4.78 is 0. The van der Waals surface area contributed by atoms with Gasteiger partial charge >= 0.3 is 0 Å². The third kappa shape index (κ3) is 4.20. The van der Waals surface area contributed by atoms with E-state index in [-0.39, 0.29) is 0 Å². The molecule has 1 heterocycles. The number of nitrogens with one attached hydrogen (secondary N) is 1. The highest BCUT2D eigenvalue weighted by molar-refractivity contribution is 4.97. The lowest BCUT2D eigenvalue weighted by Gasteiger charge is -2.22. The highest BCUT2D eigenvalue weighted by atomic mass is 14.9. The van der Waals surface area contributed by atoms with Crippen LogP contribution in [0.15, 0.2) is 12.2 Å². The predicted molar refractivity (Wildman–Crippen MR) is 51.8 cm³/mol. The second kappa shape index (κ2) is 6.41. The van der Waals surface area contributed by atoms with Crippen molar-refractivity contribution in [1.29, 1.82) is 0 Å². The molecule has 0 aliphatic carbocycles. The van der Waals surface area contributed by atoms with E-state index in [0.717, 1.165) is 5.92 Å². The van der Waals surface area contributed by atoms with E-state index in [1.165, 1.54) is 31.5 Å². The molecule has 66 valence electrons. The van der Waals surface area contributed by atoms with E-state index in [1.807, 2.05) is 13.8 Å². The van der Waals surface area contributed by atoms with Crippen LogP contribution in [-0.4, -0.2) is 13.1 Å². The van der Waals surface area contributed by atoms with E-state index >= 15 is 0 Å². The molecule has 1 rings (SSSR count). The monoisotopic (exact) mass is 155 g/mol. The van der Waals surface area contributed by atoms with Gasteiger partial charge in [-0.3, -0.25) is 0 Å². The number of piperidine rings is 1.